The molecular formula is C23H24BrNO3. The number of ether oxygens (including phenoxy) is 1. The summed E-state index contributed by atoms with van der Waals surface area (Å²) >= 11 is 3.41. The van der Waals surface area contributed by atoms with Gasteiger partial charge in [-0.2, -0.15) is 0 Å². The summed E-state index contributed by atoms with van der Waals surface area (Å²) in [4.78, 5) is 17.0. The molecule has 0 unspecified atom stereocenters. The van der Waals surface area contributed by atoms with Crippen molar-refractivity contribution in [2.75, 3.05) is 6.61 Å². The van der Waals surface area contributed by atoms with Gasteiger partial charge in [0.25, 0.3) is 0 Å². The van der Waals surface area contributed by atoms with Crippen LogP contribution in [-0.2, 0) is 9.63 Å². The summed E-state index contributed by atoms with van der Waals surface area (Å²) in [5.74, 6) is 0.383. The first-order chi connectivity index (χ1) is 13.7. The molecule has 2 aromatic carbocycles. The summed E-state index contributed by atoms with van der Waals surface area (Å²) in [6, 6.07) is 15.3. The van der Waals surface area contributed by atoms with E-state index in [1.54, 1.807) is 6.08 Å². The number of carbonyl (C=O) groups is 1. The first-order valence-electron chi connectivity index (χ1n) is 9.67. The van der Waals surface area contributed by atoms with Gasteiger partial charge in [-0.15, -0.1) is 0 Å². The van der Waals surface area contributed by atoms with Crippen molar-refractivity contribution >= 4 is 33.7 Å². The monoisotopic (exact) mass is 441 g/mol. The SMILES string of the molecule is CCCCCCCOc1ccc(C2=NOC(=O)C2=Cc2ccc(Br)cc2)cc1. The predicted octanol–water partition coefficient (Wildman–Crippen LogP) is 6.14. The van der Waals surface area contributed by atoms with Gasteiger partial charge in [-0.05, 0) is 54.5 Å². The van der Waals surface area contributed by atoms with Crippen LogP contribution in [0.5, 0.6) is 5.75 Å². The number of hydrogen-bond donors (Lipinski definition) is 0. The van der Waals surface area contributed by atoms with Crippen molar-refractivity contribution in [2.45, 2.75) is 39.0 Å². The van der Waals surface area contributed by atoms with Crippen molar-refractivity contribution in [1.82, 2.24) is 0 Å². The smallest absolute Gasteiger partial charge is 0.368 e. The van der Waals surface area contributed by atoms with Crippen LogP contribution in [0.15, 0.2) is 63.7 Å². The van der Waals surface area contributed by atoms with E-state index in [1.807, 2.05) is 48.5 Å². The van der Waals surface area contributed by atoms with Crippen molar-refractivity contribution in [3.05, 3.63) is 69.7 Å². The van der Waals surface area contributed by atoms with Crippen molar-refractivity contribution < 1.29 is 14.4 Å². The van der Waals surface area contributed by atoms with E-state index in [-0.39, 0.29) is 0 Å². The van der Waals surface area contributed by atoms with E-state index in [2.05, 4.69) is 28.0 Å². The Kier molecular flexibility index (Phi) is 7.43. The molecule has 5 heteroatoms. The van der Waals surface area contributed by atoms with Crippen molar-refractivity contribution in [3.8, 4) is 5.75 Å². The fourth-order valence-electron chi connectivity index (χ4n) is 2.95. The fourth-order valence-corrected chi connectivity index (χ4v) is 3.21. The molecule has 28 heavy (non-hydrogen) atoms. The molecule has 0 aliphatic carbocycles. The lowest BCUT2D eigenvalue weighted by atomic mass is 10.0. The molecular weight excluding hydrogens is 418 g/mol. The lowest BCUT2D eigenvalue weighted by Gasteiger charge is -2.07. The first kappa shape index (κ1) is 20.3. The maximum absolute atomic E-state index is 12.1. The zero-order valence-electron chi connectivity index (χ0n) is 16.0. The molecule has 4 nitrogen and oxygen atoms in total. The van der Waals surface area contributed by atoms with E-state index in [0.717, 1.165) is 34.4 Å². The Balaban J connectivity index is 1.63. The maximum Gasteiger partial charge on any atom is 0.368 e. The quantitative estimate of drug-likeness (QED) is 0.266. The van der Waals surface area contributed by atoms with Gasteiger partial charge < -0.3 is 9.57 Å². The van der Waals surface area contributed by atoms with Crippen molar-refractivity contribution in [3.63, 3.8) is 0 Å². The second-order valence-corrected chi connectivity index (χ2v) is 7.63. The molecule has 3 rings (SSSR count). The highest BCUT2D eigenvalue weighted by atomic mass is 79.9. The third kappa shape index (κ3) is 5.55. The number of carbonyl (C=O) groups excluding carboxylic acids is 1. The molecule has 0 amide bonds. The van der Waals surface area contributed by atoms with Crippen LogP contribution >= 0.6 is 15.9 Å². The normalized spacial score (nSPS) is 14.9. The number of rotatable bonds is 9. The molecule has 1 aliphatic heterocycles. The molecule has 1 aliphatic rings. The minimum absolute atomic E-state index is 0.440. The van der Waals surface area contributed by atoms with Crippen molar-refractivity contribution in [2.24, 2.45) is 5.16 Å². The lowest BCUT2D eigenvalue weighted by molar-refractivity contribution is -0.136. The van der Waals surface area contributed by atoms with Crippen LogP contribution in [0.25, 0.3) is 6.08 Å². The number of unbranched alkanes of at least 4 members (excludes halogenated alkanes) is 4. The van der Waals surface area contributed by atoms with Crippen molar-refractivity contribution in [1.29, 1.82) is 0 Å². The molecule has 0 bridgehead atoms. The predicted molar refractivity (Wildman–Crippen MR) is 115 cm³/mol. The van der Waals surface area contributed by atoms with E-state index in [9.17, 15) is 4.79 Å². The number of nitrogens with zero attached hydrogens (tertiary/aromatic N) is 1. The summed E-state index contributed by atoms with van der Waals surface area (Å²) in [5.41, 5.74) is 2.73. The third-order valence-electron chi connectivity index (χ3n) is 4.52. The second-order valence-electron chi connectivity index (χ2n) is 6.72. The Labute approximate surface area is 174 Å². The zero-order chi connectivity index (χ0) is 19.8. The van der Waals surface area contributed by atoms with Crippen LogP contribution in [0.2, 0.25) is 0 Å². The number of benzene rings is 2. The number of oxime groups is 1. The van der Waals surface area contributed by atoms with Crippen LogP contribution in [-0.4, -0.2) is 18.3 Å². The summed E-state index contributed by atoms with van der Waals surface area (Å²) < 4.78 is 6.79. The van der Waals surface area contributed by atoms with E-state index < -0.39 is 5.97 Å². The van der Waals surface area contributed by atoms with Gasteiger partial charge >= 0.3 is 5.97 Å². The zero-order valence-corrected chi connectivity index (χ0v) is 17.6. The fraction of sp³-hybridized carbons (Fsp3) is 0.304. The topological polar surface area (TPSA) is 47.9 Å². The summed E-state index contributed by atoms with van der Waals surface area (Å²) in [6.45, 7) is 2.94. The second kappa shape index (κ2) is 10.2. The van der Waals surface area contributed by atoms with E-state index in [0.29, 0.717) is 11.3 Å². The average molecular weight is 442 g/mol. The van der Waals surface area contributed by atoms with E-state index in [1.165, 1.54) is 25.7 Å². The Morgan fingerprint density at radius 2 is 1.71 bits per heavy atom. The van der Waals surface area contributed by atoms with E-state index in [4.69, 9.17) is 9.57 Å². The van der Waals surface area contributed by atoms with Gasteiger partial charge in [0.1, 0.15) is 11.5 Å². The summed E-state index contributed by atoms with van der Waals surface area (Å²) in [6.07, 6.45) is 7.86. The Hall–Kier alpha value is -2.40. The van der Waals surface area contributed by atoms with Gasteiger partial charge in [-0.1, -0.05) is 65.8 Å². The van der Waals surface area contributed by atoms with Crippen LogP contribution in [0.4, 0.5) is 0 Å². The first-order valence-corrected chi connectivity index (χ1v) is 10.5. The molecule has 0 atom stereocenters. The Bertz CT molecular complexity index is 854. The lowest BCUT2D eigenvalue weighted by Crippen LogP contribution is -2.07. The Morgan fingerprint density at radius 1 is 1.00 bits per heavy atom. The maximum atomic E-state index is 12.1. The average Bonchev–Trinajstić information content (AvgIpc) is 3.07. The van der Waals surface area contributed by atoms with Crippen LogP contribution in [0.3, 0.4) is 0 Å². The molecule has 0 radical (unpaired) electrons. The number of hydrogen-bond acceptors (Lipinski definition) is 4. The van der Waals surface area contributed by atoms with Gasteiger partial charge in [-0.25, -0.2) is 4.79 Å². The Morgan fingerprint density at radius 3 is 2.43 bits per heavy atom. The van der Waals surface area contributed by atoms with Gasteiger partial charge in [0.2, 0.25) is 0 Å². The van der Waals surface area contributed by atoms with Crippen LogP contribution in [0, 0.1) is 0 Å². The molecule has 1 heterocycles. The van der Waals surface area contributed by atoms with Gasteiger partial charge in [0, 0.05) is 10.0 Å². The van der Waals surface area contributed by atoms with Crippen LogP contribution in [0.1, 0.15) is 50.2 Å². The van der Waals surface area contributed by atoms with Gasteiger partial charge in [-0.3, -0.25) is 0 Å². The van der Waals surface area contributed by atoms with Gasteiger partial charge in [0.05, 0.1) is 12.2 Å². The largest absolute Gasteiger partial charge is 0.494 e. The van der Waals surface area contributed by atoms with Crippen LogP contribution < -0.4 is 4.74 Å². The minimum Gasteiger partial charge on any atom is -0.494 e. The van der Waals surface area contributed by atoms with Gasteiger partial charge in [0.15, 0.2) is 0 Å². The summed E-state index contributed by atoms with van der Waals surface area (Å²) in [7, 11) is 0. The molecule has 146 valence electrons. The molecule has 0 saturated heterocycles. The molecule has 0 aromatic heterocycles. The highest BCUT2D eigenvalue weighted by molar-refractivity contribution is 9.10. The molecule has 0 saturated carbocycles. The molecule has 0 fully saturated rings. The molecule has 0 N–H and O–H groups in total. The summed E-state index contributed by atoms with van der Waals surface area (Å²) in [5, 5.41) is 3.96. The third-order valence-corrected chi connectivity index (χ3v) is 5.05. The molecule has 0 spiro atoms. The van der Waals surface area contributed by atoms with E-state index >= 15 is 0 Å². The standard InChI is InChI=1S/C23H24BrNO3/c1-2-3-4-5-6-15-27-20-13-9-18(10-14-20)22-21(23(26)28-25-22)16-17-7-11-19(24)12-8-17/h7-14,16H,2-6,15H2,1H3. The molecule has 2 aromatic rings. The minimum atomic E-state index is -0.440. The number of halogens is 1. The highest BCUT2D eigenvalue weighted by Crippen LogP contribution is 2.23. The highest BCUT2D eigenvalue weighted by Gasteiger charge is 2.26.